The Balaban J connectivity index is 3.00. The summed E-state index contributed by atoms with van der Waals surface area (Å²) >= 11 is 3.28. The molecule has 1 aromatic rings. The van der Waals surface area contributed by atoms with Crippen LogP contribution in [0.3, 0.4) is 0 Å². The molecule has 0 spiro atoms. The van der Waals surface area contributed by atoms with Gasteiger partial charge in [0.1, 0.15) is 0 Å². The van der Waals surface area contributed by atoms with Gasteiger partial charge in [-0.2, -0.15) is 0 Å². The van der Waals surface area contributed by atoms with E-state index in [9.17, 15) is 9.59 Å². The maximum atomic E-state index is 11.7. The molecule has 1 aromatic carbocycles. The van der Waals surface area contributed by atoms with E-state index in [2.05, 4.69) is 15.9 Å². The fraction of sp³-hybridized carbons (Fsp3) is 0.333. The number of primary amides is 1. The van der Waals surface area contributed by atoms with Crippen molar-refractivity contribution >= 4 is 27.8 Å². The monoisotopic (exact) mass is 331 g/mol. The van der Waals surface area contributed by atoms with Gasteiger partial charge in [-0.25, -0.2) is 4.79 Å². The Hall–Kier alpha value is -1.76. The maximum absolute atomic E-state index is 11.7. The quantitative estimate of drug-likeness (QED) is 0.798. The highest BCUT2D eigenvalue weighted by molar-refractivity contribution is 9.10. The van der Waals surface area contributed by atoms with Crippen molar-refractivity contribution in [1.29, 1.82) is 0 Å². The second-order valence-corrected chi connectivity index (χ2v) is 4.32. The van der Waals surface area contributed by atoms with Crippen LogP contribution in [0.5, 0.6) is 11.5 Å². The minimum atomic E-state index is -0.717. The van der Waals surface area contributed by atoms with Crippen molar-refractivity contribution in [1.82, 2.24) is 0 Å². The van der Waals surface area contributed by atoms with E-state index in [1.165, 1.54) is 19.2 Å². The van der Waals surface area contributed by atoms with Crippen LogP contribution in [0.1, 0.15) is 17.3 Å². The molecular weight excluding hydrogens is 318 g/mol. The van der Waals surface area contributed by atoms with Gasteiger partial charge in [-0.1, -0.05) is 0 Å². The lowest BCUT2D eigenvalue weighted by molar-refractivity contribution is -0.121. The van der Waals surface area contributed by atoms with E-state index in [-0.39, 0.29) is 5.56 Å². The number of amides is 1. The summed E-state index contributed by atoms with van der Waals surface area (Å²) in [5, 5.41) is 0. The second kappa shape index (κ2) is 6.98. The molecule has 0 unspecified atom stereocenters. The van der Waals surface area contributed by atoms with E-state index in [0.29, 0.717) is 22.6 Å². The molecule has 0 fully saturated rings. The largest absolute Gasteiger partial charge is 0.493 e. The van der Waals surface area contributed by atoms with Gasteiger partial charge in [-0.15, -0.1) is 0 Å². The molecule has 104 valence electrons. The molecule has 1 amide bonds. The van der Waals surface area contributed by atoms with Crippen molar-refractivity contribution in [3.63, 3.8) is 0 Å². The first-order valence-corrected chi connectivity index (χ1v) is 6.24. The summed E-state index contributed by atoms with van der Waals surface area (Å²) in [6.07, 6.45) is 0. The van der Waals surface area contributed by atoms with Crippen LogP contribution in [0.25, 0.3) is 0 Å². The van der Waals surface area contributed by atoms with Crippen molar-refractivity contribution in [2.75, 3.05) is 20.3 Å². The Morgan fingerprint density at radius 2 is 2.05 bits per heavy atom. The second-order valence-electron chi connectivity index (χ2n) is 3.46. The Bertz CT molecular complexity index is 489. The normalized spacial score (nSPS) is 9.84. The van der Waals surface area contributed by atoms with Crippen LogP contribution >= 0.6 is 15.9 Å². The molecule has 0 aliphatic heterocycles. The number of ether oxygens (including phenoxy) is 3. The van der Waals surface area contributed by atoms with E-state index in [1.54, 1.807) is 0 Å². The predicted octanol–water partition coefficient (Wildman–Crippen LogP) is 1.50. The Morgan fingerprint density at radius 3 is 2.58 bits per heavy atom. The summed E-state index contributed by atoms with van der Waals surface area (Å²) in [4.78, 5) is 22.2. The average Bonchev–Trinajstić information content (AvgIpc) is 2.38. The van der Waals surface area contributed by atoms with Gasteiger partial charge in [-0.05, 0) is 35.0 Å². The number of benzene rings is 1. The lowest BCUT2D eigenvalue weighted by atomic mass is 10.2. The zero-order valence-electron chi connectivity index (χ0n) is 10.6. The van der Waals surface area contributed by atoms with Crippen LogP contribution < -0.4 is 15.2 Å². The van der Waals surface area contributed by atoms with Gasteiger partial charge >= 0.3 is 5.97 Å². The zero-order valence-corrected chi connectivity index (χ0v) is 12.2. The summed E-state index contributed by atoms with van der Waals surface area (Å²) in [5.41, 5.74) is 5.13. The van der Waals surface area contributed by atoms with Crippen LogP contribution in [0.2, 0.25) is 0 Å². The van der Waals surface area contributed by atoms with Crippen molar-refractivity contribution < 1.29 is 23.8 Å². The fourth-order valence-corrected chi connectivity index (χ4v) is 1.90. The number of carbonyl (C=O) groups excluding carboxylic acids is 2. The van der Waals surface area contributed by atoms with Gasteiger partial charge in [0.25, 0.3) is 5.91 Å². The van der Waals surface area contributed by atoms with Crippen molar-refractivity contribution in [3.05, 3.63) is 22.2 Å². The molecule has 6 nitrogen and oxygen atoms in total. The molecule has 19 heavy (non-hydrogen) atoms. The standard InChI is InChI=1S/C12H14BrNO5/c1-3-18-11-8(13)4-7(5-9(11)17-2)12(16)19-6-10(14)15/h4-5H,3,6H2,1-2H3,(H2,14,15). The van der Waals surface area contributed by atoms with E-state index in [4.69, 9.17) is 19.9 Å². The van der Waals surface area contributed by atoms with Crippen molar-refractivity contribution in [2.45, 2.75) is 6.92 Å². The molecule has 0 heterocycles. The van der Waals surface area contributed by atoms with Gasteiger partial charge in [0.2, 0.25) is 0 Å². The summed E-state index contributed by atoms with van der Waals surface area (Å²) < 4.78 is 15.8. The molecule has 0 aliphatic rings. The number of halogens is 1. The molecule has 0 aliphatic carbocycles. The molecule has 1 rings (SSSR count). The average molecular weight is 332 g/mol. The van der Waals surface area contributed by atoms with Crippen LogP contribution in [-0.4, -0.2) is 32.2 Å². The molecular formula is C12H14BrNO5. The molecule has 0 bridgehead atoms. The maximum Gasteiger partial charge on any atom is 0.338 e. The first-order valence-electron chi connectivity index (χ1n) is 5.45. The van der Waals surface area contributed by atoms with Gasteiger partial charge in [0.15, 0.2) is 18.1 Å². The Morgan fingerprint density at radius 1 is 1.37 bits per heavy atom. The number of methoxy groups -OCH3 is 1. The number of hydrogen-bond donors (Lipinski definition) is 1. The predicted molar refractivity (Wildman–Crippen MR) is 71.3 cm³/mol. The van der Waals surface area contributed by atoms with E-state index in [0.717, 1.165) is 0 Å². The van der Waals surface area contributed by atoms with E-state index < -0.39 is 18.5 Å². The molecule has 0 aromatic heterocycles. The summed E-state index contributed by atoms with van der Waals surface area (Å²) in [5.74, 6) is -0.495. The van der Waals surface area contributed by atoms with E-state index in [1.807, 2.05) is 6.92 Å². The lowest BCUT2D eigenvalue weighted by Crippen LogP contribution is -2.21. The van der Waals surface area contributed by atoms with Crippen LogP contribution in [0.4, 0.5) is 0 Å². The highest BCUT2D eigenvalue weighted by Crippen LogP contribution is 2.36. The number of rotatable bonds is 6. The lowest BCUT2D eigenvalue weighted by Gasteiger charge is -2.12. The first-order chi connectivity index (χ1) is 8.99. The van der Waals surface area contributed by atoms with Crippen LogP contribution in [-0.2, 0) is 9.53 Å². The summed E-state index contributed by atoms with van der Waals surface area (Å²) in [6, 6.07) is 3.00. The van der Waals surface area contributed by atoms with Gasteiger partial charge in [0, 0.05) is 0 Å². The Labute approximate surface area is 118 Å². The number of hydrogen-bond acceptors (Lipinski definition) is 5. The minimum Gasteiger partial charge on any atom is -0.493 e. The number of carbonyl (C=O) groups is 2. The molecule has 2 N–H and O–H groups in total. The third kappa shape index (κ3) is 4.13. The summed E-state index contributed by atoms with van der Waals surface area (Å²) in [7, 11) is 1.46. The van der Waals surface area contributed by atoms with Crippen LogP contribution in [0.15, 0.2) is 16.6 Å². The third-order valence-electron chi connectivity index (χ3n) is 2.10. The summed E-state index contributed by atoms with van der Waals surface area (Å²) in [6.45, 7) is 1.83. The highest BCUT2D eigenvalue weighted by atomic mass is 79.9. The zero-order chi connectivity index (χ0) is 14.4. The molecule has 0 saturated heterocycles. The Kier molecular flexibility index (Phi) is 5.62. The number of nitrogens with two attached hydrogens (primary N) is 1. The topological polar surface area (TPSA) is 87.9 Å². The van der Waals surface area contributed by atoms with Crippen LogP contribution in [0, 0.1) is 0 Å². The van der Waals surface area contributed by atoms with Crippen molar-refractivity contribution in [2.24, 2.45) is 5.73 Å². The highest BCUT2D eigenvalue weighted by Gasteiger charge is 2.16. The van der Waals surface area contributed by atoms with Gasteiger partial charge < -0.3 is 19.9 Å². The molecule has 7 heteroatoms. The van der Waals surface area contributed by atoms with Gasteiger partial charge in [0.05, 0.1) is 23.8 Å². The minimum absolute atomic E-state index is 0.230. The fourth-order valence-electron chi connectivity index (χ4n) is 1.34. The molecule has 0 atom stereocenters. The SMILES string of the molecule is CCOc1c(Br)cc(C(=O)OCC(N)=O)cc1OC. The molecule has 0 saturated carbocycles. The number of esters is 1. The molecule has 0 radical (unpaired) electrons. The third-order valence-corrected chi connectivity index (χ3v) is 2.69. The van der Waals surface area contributed by atoms with E-state index >= 15 is 0 Å². The smallest absolute Gasteiger partial charge is 0.338 e. The van der Waals surface area contributed by atoms with Gasteiger partial charge in [-0.3, -0.25) is 4.79 Å². The van der Waals surface area contributed by atoms with Crippen molar-refractivity contribution in [3.8, 4) is 11.5 Å². The first kappa shape index (κ1) is 15.3.